The van der Waals surface area contributed by atoms with Gasteiger partial charge in [0.05, 0.1) is 0 Å². The predicted molar refractivity (Wildman–Crippen MR) is 65.4 cm³/mol. The van der Waals surface area contributed by atoms with Gasteiger partial charge in [0.15, 0.2) is 0 Å². The summed E-state index contributed by atoms with van der Waals surface area (Å²) in [5, 5.41) is 3.47. The van der Waals surface area contributed by atoms with Crippen molar-refractivity contribution in [2.45, 2.75) is 26.7 Å². The summed E-state index contributed by atoms with van der Waals surface area (Å²) in [6.07, 6.45) is -0.993. The molecular weight excluding hydrogens is 283 g/mol. The summed E-state index contributed by atoms with van der Waals surface area (Å²) in [4.78, 5) is 2.65. The van der Waals surface area contributed by atoms with Gasteiger partial charge in [-0.3, -0.25) is 0 Å². The fraction of sp³-hybridized carbons (Fsp3) is 0.400. The molecule has 0 heterocycles. The summed E-state index contributed by atoms with van der Waals surface area (Å²) >= 11 is 0. The third kappa shape index (κ3) is 5.11. The Balaban J connectivity index is 0.00000324. The van der Waals surface area contributed by atoms with E-state index in [-0.39, 0.29) is 69.2 Å². The maximum atomic E-state index is 12.5. The molecular formula is C10H13BF3KN4. The quantitative estimate of drug-likeness (QED) is 0.376. The van der Waals surface area contributed by atoms with Gasteiger partial charge in [0.1, 0.15) is 0 Å². The zero-order valence-corrected chi connectivity index (χ0v) is 14.2. The van der Waals surface area contributed by atoms with Gasteiger partial charge in [0, 0.05) is 17.1 Å². The van der Waals surface area contributed by atoms with Gasteiger partial charge in [-0.15, -0.1) is 0 Å². The molecule has 0 bridgehead atoms. The Labute approximate surface area is 152 Å². The van der Waals surface area contributed by atoms with Crippen LogP contribution in [-0.4, -0.2) is 6.98 Å². The summed E-state index contributed by atoms with van der Waals surface area (Å²) in [5.41, 5.74) is 15.9. The smallest absolute Gasteiger partial charge is 0.449 e. The monoisotopic (exact) mass is 296 g/mol. The van der Waals surface area contributed by atoms with Crippen LogP contribution in [0, 0.1) is 13.8 Å². The van der Waals surface area contributed by atoms with Crippen molar-refractivity contribution in [2.24, 2.45) is 10.8 Å². The van der Waals surface area contributed by atoms with Gasteiger partial charge in [0.2, 0.25) is 0 Å². The maximum Gasteiger partial charge on any atom is 1.00 e. The van der Waals surface area contributed by atoms with E-state index in [2.05, 4.69) is 10.0 Å². The van der Waals surface area contributed by atoms with Crippen molar-refractivity contribution in [3.05, 3.63) is 38.8 Å². The minimum atomic E-state index is -4.94. The van der Waals surface area contributed by atoms with Gasteiger partial charge in [0.25, 0.3) is 0 Å². The van der Waals surface area contributed by atoms with E-state index < -0.39 is 13.3 Å². The molecule has 0 unspecified atom stereocenters. The third-order valence-electron chi connectivity index (χ3n) is 2.84. The van der Waals surface area contributed by atoms with Crippen LogP contribution in [0.2, 0.25) is 0 Å². The Hall–Kier alpha value is -0.0187. The van der Waals surface area contributed by atoms with Crippen LogP contribution in [0.4, 0.5) is 18.6 Å². The molecule has 0 saturated carbocycles. The van der Waals surface area contributed by atoms with Crippen molar-refractivity contribution in [3.63, 3.8) is 0 Å². The first-order chi connectivity index (χ1) is 8.30. The van der Waals surface area contributed by atoms with Crippen LogP contribution in [0.25, 0.3) is 10.4 Å². The summed E-state index contributed by atoms with van der Waals surface area (Å²) in [6, 6.07) is 1.44. The second kappa shape index (κ2) is 7.68. The minimum Gasteiger partial charge on any atom is -0.449 e. The van der Waals surface area contributed by atoms with E-state index in [1.807, 2.05) is 0 Å². The Morgan fingerprint density at radius 2 is 1.79 bits per heavy atom. The number of rotatable bonds is 4. The number of nitrogens with two attached hydrogens (primary N) is 1. The molecule has 0 aromatic heterocycles. The number of azide groups is 1. The molecule has 19 heavy (non-hydrogen) atoms. The molecule has 0 fully saturated rings. The standard InChI is InChI=1S/C10H13BF3N4.K/c1-6-8(4-11(12,13)14)3-9(5-15)7(2)10(6)17-18-16;/h3H,4-5,15H2,1-2H3;/q-1;+1. The molecule has 4 nitrogen and oxygen atoms in total. The Kier molecular flexibility index (Phi) is 7.67. The first-order valence-electron chi connectivity index (χ1n) is 5.38. The number of hydrogen-bond donors (Lipinski definition) is 1. The first-order valence-corrected chi connectivity index (χ1v) is 5.38. The van der Waals surface area contributed by atoms with Crippen molar-refractivity contribution in [2.75, 3.05) is 0 Å². The van der Waals surface area contributed by atoms with Gasteiger partial charge in [-0.05, 0) is 36.1 Å². The summed E-state index contributed by atoms with van der Waals surface area (Å²) in [7, 11) is 0. The predicted octanol–water partition coefficient (Wildman–Crippen LogP) is 0.637. The largest absolute Gasteiger partial charge is 1.00 e. The molecule has 1 aromatic carbocycles. The SMILES string of the molecule is Cc1c(CN)cc(C[B-](F)(F)F)c(C)c1N=[N+]=[N-].[K+]. The molecule has 1 aromatic rings. The molecule has 0 radical (unpaired) electrons. The molecule has 0 atom stereocenters. The van der Waals surface area contributed by atoms with Gasteiger partial charge in [-0.1, -0.05) is 23.1 Å². The Morgan fingerprint density at radius 1 is 1.26 bits per heavy atom. The van der Waals surface area contributed by atoms with E-state index in [9.17, 15) is 12.9 Å². The second-order valence-electron chi connectivity index (χ2n) is 4.10. The van der Waals surface area contributed by atoms with E-state index >= 15 is 0 Å². The van der Waals surface area contributed by atoms with Crippen LogP contribution in [0.15, 0.2) is 11.2 Å². The maximum absolute atomic E-state index is 12.5. The van der Waals surface area contributed by atoms with E-state index in [1.165, 1.54) is 13.0 Å². The zero-order valence-electron chi connectivity index (χ0n) is 11.1. The van der Waals surface area contributed by atoms with Gasteiger partial charge in [-0.25, -0.2) is 0 Å². The summed E-state index contributed by atoms with van der Waals surface area (Å²) in [5.74, 6) is 0. The number of benzene rings is 1. The average molecular weight is 296 g/mol. The van der Waals surface area contributed by atoms with Crippen molar-refractivity contribution in [1.29, 1.82) is 0 Å². The third-order valence-corrected chi connectivity index (χ3v) is 2.84. The van der Waals surface area contributed by atoms with Crippen LogP contribution in [0.3, 0.4) is 0 Å². The van der Waals surface area contributed by atoms with Crippen LogP contribution in [-0.2, 0) is 12.9 Å². The van der Waals surface area contributed by atoms with Crippen LogP contribution < -0.4 is 57.1 Å². The normalized spacial score (nSPS) is 10.6. The molecule has 0 aliphatic carbocycles. The van der Waals surface area contributed by atoms with Crippen molar-refractivity contribution in [1.82, 2.24) is 0 Å². The van der Waals surface area contributed by atoms with E-state index in [1.54, 1.807) is 6.92 Å². The van der Waals surface area contributed by atoms with E-state index in [0.29, 0.717) is 16.7 Å². The molecule has 0 aliphatic heterocycles. The molecule has 0 spiro atoms. The molecule has 0 amide bonds. The minimum absolute atomic E-state index is 0. The summed E-state index contributed by atoms with van der Waals surface area (Å²) < 4.78 is 37.5. The van der Waals surface area contributed by atoms with Gasteiger partial charge < -0.3 is 18.7 Å². The first kappa shape index (κ1) is 19.0. The fourth-order valence-corrected chi connectivity index (χ4v) is 1.88. The zero-order chi connectivity index (χ0) is 13.9. The Bertz CT molecular complexity index is 512. The molecule has 0 aliphatic rings. The number of nitrogens with zero attached hydrogens (tertiary/aromatic N) is 3. The van der Waals surface area contributed by atoms with Crippen molar-refractivity contribution < 1.29 is 64.3 Å². The van der Waals surface area contributed by atoms with Crippen molar-refractivity contribution >= 4 is 12.7 Å². The number of halogens is 3. The second-order valence-corrected chi connectivity index (χ2v) is 4.10. The van der Waals surface area contributed by atoms with Crippen LogP contribution in [0.1, 0.15) is 22.3 Å². The van der Waals surface area contributed by atoms with Crippen LogP contribution in [0.5, 0.6) is 0 Å². The van der Waals surface area contributed by atoms with E-state index in [4.69, 9.17) is 11.3 Å². The van der Waals surface area contributed by atoms with Crippen molar-refractivity contribution in [3.8, 4) is 0 Å². The summed E-state index contributed by atoms with van der Waals surface area (Å²) in [6.45, 7) is -1.62. The molecule has 1 rings (SSSR count). The topological polar surface area (TPSA) is 74.8 Å². The van der Waals surface area contributed by atoms with Crippen LogP contribution >= 0.6 is 0 Å². The molecule has 98 valence electrons. The van der Waals surface area contributed by atoms with Gasteiger partial charge >= 0.3 is 58.4 Å². The molecule has 0 saturated heterocycles. The van der Waals surface area contributed by atoms with E-state index in [0.717, 1.165) is 0 Å². The Morgan fingerprint density at radius 3 is 2.21 bits per heavy atom. The average Bonchev–Trinajstić information content (AvgIpc) is 2.26. The van der Waals surface area contributed by atoms with Gasteiger partial charge in [-0.2, -0.15) is 0 Å². The molecule has 9 heteroatoms. The molecule has 2 N–H and O–H groups in total. The number of hydrogen-bond acceptors (Lipinski definition) is 2. The fourth-order valence-electron chi connectivity index (χ4n) is 1.88.